The molecular weight excluding hydrogens is 460 g/mol. The Morgan fingerprint density at radius 3 is 2.62 bits per heavy atom. The molecule has 8 rings (SSSR count). The van der Waals surface area contributed by atoms with Crippen molar-refractivity contribution in [2.75, 3.05) is 31.6 Å². The number of piperazine rings is 1. The molecular formula is C30H31BFN5. The number of nitrogens with zero attached hydrogens (tertiary/aromatic N) is 4. The Kier molecular flexibility index (Phi) is 5.67. The van der Waals surface area contributed by atoms with Gasteiger partial charge in [-0.1, -0.05) is 47.9 Å². The zero-order valence-electron chi connectivity index (χ0n) is 21.3. The third-order valence-corrected chi connectivity index (χ3v) is 8.60. The summed E-state index contributed by atoms with van der Waals surface area (Å²) in [5, 5.41) is 6.37. The lowest BCUT2D eigenvalue weighted by molar-refractivity contribution is 0.225. The van der Waals surface area contributed by atoms with Crippen LogP contribution in [-0.4, -0.2) is 67.5 Å². The van der Waals surface area contributed by atoms with E-state index < -0.39 is 0 Å². The van der Waals surface area contributed by atoms with Gasteiger partial charge in [0.05, 0.1) is 0 Å². The number of aryl methyl sites for hydroxylation is 1. The molecule has 0 amide bonds. The maximum absolute atomic E-state index is 16.5. The summed E-state index contributed by atoms with van der Waals surface area (Å²) in [4.78, 5) is 14.7. The zero-order valence-corrected chi connectivity index (χ0v) is 21.3. The molecule has 0 aliphatic carbocycles. The molecule has 4 aromatic rings. The molecule has 1 N–H and O–H groups in total. The van der Waals surface area contributed by atoms with E-state index in [0.717, 1.165) is 65.8 Å². The molecule has 4 saturated heterocycles. The fraction of sp³-hybridized carbons (Fsp3) is 0.400. The van der Waals surface area contributed by atoms with Crippen LogP contribution in [-0.2, 0) is 6.42 Å². The SMILES string of the molecule is [B]c1cc(-c2ccc3c(N4CC5CC(C4)N5)nc(CCC4CCCN4C)nc3c2F)c2ccccc2c1. The van der Waals surface area contributed by atoms with E-state index in [1.54, 1.807) is 0 Å². The minimum atomic E-state index is -0.295. The van der Waals surface area contributed by atoms with Crippen LogP contribution in [0.25, 0.3) is 32.8 Å². The van der Waals surface area contributed by atoms with Gasteiger partial charge in [-0.2, -0.15) is 0 Å². The highest BCUT2D eigenvalue weighted by Crippen LogP contribution is 2.37. The minimum Gasteiger partial charge on any atom is -0.353 e. The van der Waals surface area contributed by atoms with Crippen molar-refractivity contribution in [1.82, 2.24) is 20.2 Å². The molecule has 5 nitrogen and oxygen atoms in total. The quantitative estimate of drug-likeness (QED) is 0.429. The first-order chi connectivity index (χ1) is 18.0. The summed E-state index contributed by atoms with van der Waals surface area (Å²) in [6, 6.07) is 17.2. The van der Waals surface area contributed by atoms with Crippen molar-refractivity contribution in [2.24, 2.45) is 0 Å². The van der Waals surface area contributed by atoms with Crippen molar-refractivity contribution in [3.8, 4) is 11.1 Å². The molecule has 3 aromatic carbocycles. The third kappa shape index (κ3) is 4.09. The van der Waals surface area contributed by atoms with E-state index in [1.165, 1.54) is 19.3 Å². The fourth-order valence-electron chi connectivity index (χ4n) is 6.63. The molecule has 4 aliphatic heterocycles. The molecule has 7 heteroatoms. The van der Waals surface area contributed by atoms with Crippen LogP contribution in [0, 0.1) is 5.82 Å². The molecule has 3 atom stereocenters. The van der Waals surface area contributed by atoms with Gasteiger partial charge in [0.15, 0.2) is 5.82 Å². The minimum absolute atomic E-state index is 0.295. The van der Waals surface area contributed by atoms with Gasteiger partial charge in [-0.25, -0.2) is 14.4 Å². The van der Waals surface area contributed by atoms with Gasteiger partial charge < -0.3 is 15.1 Å². The summed E-state index contributed by atoms with van der Waals surface area (Å²) < 4.78 is 16.5. The molecule has 37 heavy (non-hydrogen) atoms. The van der Waals surface area contributed by atoms with Crippen LogP contribution < -0.4 is 15.7 Å². The molecule has 0 spiro atoms. The van der Waals surface area contributed by atoms with E-state index in [-0.39, 0.29) is 5.82 Å². The number of hydrogen-bond donors (Lipinski definition) is 1. The van der Waals surface area contributed by atoms with Gasteiger partial charge in [-0.3, -0.25) is 0 Å². The van der Waals surface area contributed by atoms with Crippen LogP contribution >= 0.6 is 0 Å². The predicted molar refractivity (Wildman–Crippen MR) is 149 cm³/mol. The van der Waals surface area contributed by atoms with E-state index in [1.807, 2.05) is 48.5 Å². The topological polar surface area (TPSA) is 44.3 Å². The number of aromatic nitrogens is 2. The van der Waals surface area contributed by atoms with Gasteiger partial charge >= 0.3 is 0 Å². The summed E-state index contributed by atoms with van der Waals surface area (Å²) >= 11 is 0. The number of rotatable bonds is 5. The lowest BCUT2D eigenvalue weighted by atomic mass is 9.87. The second kappa shape index (κ2) is 9.07. The lowest BCUT2D eigenvalue weighted by Crippen LogP contribution is -2.67. The van der Waals surface area contributed by atoms with Gasteiger partial charge in [0.2, 0.25) is 0 Å². The Morgan fingerprint density at radius 1 is 1.03 bits per heavy atom. The molecule has 4 aliphatic rings. The van der Waals surface area contributed by atoms with Crippen LogP contribution in [0.3, 0.4) is 0 Å². The Bertz CT molecular complexity index is 1490. The van der Waals surface area contributed by atoms with E-state index in [4.69, 9.17) is 17.8 Å². The van der Waals surface area contributed by atoms with Crippen molar-refractivity contribution >= 4 is 40.8 Å². The van der Waals surface area contributed by atoms with Gasteiger partial charge in [-0.15, -0.1) is 0 Å². The van der Waals surface area contributed by atoms with E-state index in [9.17, 15) is 0 Å². The smallest absolute Gasteiger partial charge is 0.157 e. The Hall–Kier alpha value is -3.03. The Balaban J connectivity index is 1.35. The van der Waals surface area contributed by atoms with Gasteiger partial charge in [0, 0.05) is 48.6 Å². The Morgan fingerprint density at radius 2 is 1.84 bits per heavy atom. The largest absolute Gasteiger partial charge is 0.353 e. The molecule has 2 radical (unpaired) electrons. The number of halogens is 1. The van der Waals surface area contributed by atoms with Gasteiger partial charge in [0.1, 0.15) is 25.0 Å². The van der Waals surface area contributed by atoms with Gasteiger partial charge in [-0.05, 0) is 61.7 Å². The average molecular weight is 491 g/mol. The lowest BCUT2D eigenvalue weighted by Gasteiger charge is -2.49. The highest BCUT2D eigenvalue weighted by atomic mass is 19.1. The zero-order chi connectivity index (χ0) is 25.1. The number of likely N-dealkylation sites (tertiary alicyclic amines) is 1. The number of benzene rings is 3. The summed E-state index contributed by atoms with van der Waals surface area (Å²) in [6.07, 6.45) is 5.40. The maximum atomic E-state index is 16.5. The molecule has 1 aromatic heterocycles. The highest BCUT2D eigenvalue weighted by Gasteiger charge is 2.37. The summed E-state index contributed by atoms with van der Waals surface area (Å²) in [5.74, 6) is 1.32. The number of fused-ring (bicyclic) bond motifs is 4. The molecule has 2 bridgehead atoms. The van der Waals surface area contributed by atoms with Crippen molar-refractivity contribution in [3.05, 3.63) is 60.2 Å². The number of hydrogen-bond acceptors (Lipinski definition) is 5. The van der Waals surface area contributed by atoms with Crippen molar-refractivity contribution in [3.63, 3.8) is 0 Å². The second-order valence-corrected chi connectivity index (χ2v) is 11.1. The van der Waals surface area contributed by atoms with E-state index in [0.29, 0.717) is 34.7 Å². The summed E-state index contributed by atoms with van der Waals surface area (Å²) in [7, 11) is 8.43. The first kappa shape index (κ1) is 23.1. The van der Waals surface area contributed by atoms with Crippen molar-refractivity contribution in [1.29, 1.82) is 0 Å². The number of nitrogens with one attached hydrogen (secondary N) is 1. The number of anilines is 1. The Labute approximate surface area is 218 Å². The maximum Gasteiger partial charge on any atom is 0.157 e. The molecule has 4 fully saturated rings. The summed E-state index contributed by atoms with van der Waals surface area (Å²) in [5.41, 5.74) is 2.37. The average Bonchev–Trinajstić information content (AvgIpc) is 3.31. The second-order valence-electron chi connectivity index (χ2n) is 11.1. The van der Waals surface area contributed by atoms with Crippen molar-refractivity contribution < 1.29 is 4.39 Å². The predicted octanol–water partition coefficient (Wildman–Crippen LogP) is 3.96. The van der Waals surface area contributed by atoms with Crippen LogP contribution in [0.2, 0.25) is 0 Å². The van der Waals surface area contributed by atoms with Crippen LogP contribution in [0.15, 0.2) is 48.5 Å². The van der Waals surface area contributed by atoms with Crippen LogP contribution in [0.4, 0.5) is 10.2 Å². The first-order valence-corrected chi connectivity index (χ1v) is 13.5. The number of piperidine rings is 1. The molecule has 186 valence electrons. The van der Waals surface area contributed by atoms with Crippen LogP contribution in [0.5, 0.6) is 0 Å². The van der Waals surface area contributed by atoms with E-state index in [2.05, 4.69) is 22.2 Å². The van der Waals surface area contributed by atoms with E-state index >= 15 is 4.39 Å². The third-order valence-electron chi connectivity index (χ3n) is 8.60. The molecule has 5 heterocycles. The van der Waals surface area contributed by atoms with Gasteiger partial charge in [0.25, 0.3) is 0 Å². The highest BCUT2D eigenvalue weighted by molar-refractivity contribution is 6.34. The molecule has 3 unspecified atom stereocenters. The monoisotopic (exact) mass is 491 g/mol. The first-order valence-electron chi connectivity index (χ1n) is 13.5. The van der Waals surface area contributed by atoms with Crippen LogP contribution in [0.1, 0.15) is 31.5 Å². The normalized spacial score (nSPS) is 23.6. The van der Waals surface area contributed by atoms with Crippen molar-refractivity contribution in [2.45, 2.75) is 50.2 Å². The fourth-order valence-corrected chi connectivity index (χ4v) is 6.63. The standard InChI is InChI=1S/C30H31BFN5/c1-36-12-4-6-22(36)8-11-27-34-29-25(30(35-27)37-16-20-15-21(17-37)33-20)10-9-24(28(29)32)26-14-19(31)13-18-5-2-3-7-23(18)26/h2-3,5,7,9-10,13-14,20-22,33H,4,6,8,11-12,15-17H2,1H3. The summed E-state index contributed by atoms with van der Waals surface area (Å²) in [6.45, 7) is 2.94. The molecule has 0 saturated carbocycles.